The van der Waals surface area contributed by atoms with Gasteiger partial charge in [0.05, 0.1) is 15.6 Å². The number of benzene rings is 1. The van der Waals surface area contributed by atoms with Crippen LogP contribution in [0.25, 0.3) is 11.0 Å². The third-order valence-electron chi connectivity index (χ3n) is 3.13. The Morgan fingerprint density at radius 2 is 1.95 bits per heavy atom. The molecule has 0 unspecified atom stereocenters. The first-order chi connectivity index (χ1) is 9.18. The maximum absolute atomic E-state index is 6.24. The number of hydrogen-bond donors (Lipinski definition) is 0. The minimum absolute atomic E-state index is 0.643. The van der Waals surface area contributed by atoms with Gasteiger partial charge in [-0.1, -0.05) is 41.9 Å². The Balaban J connectivity index is 2.17. The Bertz CT molecular complexity index is 737. The molecule has 0 atom stereocenters. The van der Waals surface area contributed by atoms with Gasteiger partial charge in [-0.25, -0.2) is 9.97 Å². The molecule has 19 heavy (non-hydrogen) atoms. The van der Waals surface area contributed by atoms with Crippen LogP contribution in [0.2, 0.25) is 5.15 Å². The van der Waals surface area contributed by atoms with E-state index in [0.717, 1.165) is 27.6 Å². The van der Waals surface area contributed by atoms with Crippen LogP contribution in [0.3, 0.4) is 0 Å². The van der Waals surface area contributed by atoms with Gasteiger partial charge in [0.15, 0.2) is 0 Å². The van der Waals surface area contributed by atoms with Crippen LogP contribution in [-0.4, -0.2) is 14.5 Å². The molecule has 0 aliphatic carbocycles. The van der Waals surface area contributed by atoms with Crippen molar-refractivity contribution in [2.75, 3.05) is 0 Å². The molecule has 3 aromatic rings. The quantitative estimate of drug-likeness (QED) is 0.709. The van der Waals surface area contributed by atoms with E-state index < -0.39 is 0 Å². The van der Waals surface area contributed by atoms with Crippen LogP contribution in [-0.2, 0) is 13.5 Å². The van der Waals surface area contributed by atoms with E-state index in [1.807, 2.05) is 29.8 Å². The molecule has 0 amide bonds. The summed E-state index contributed by atoms with van der Waals surface area (Å²) in [5.41, 5.74) is 3.04. The molecule has 0 radical (unpaired) electrons. The summed E-state index contributed by atoms with van der Waals surface area (Å²) in [5.74, 6) is 0. The largest absolute Gasteiger partial charge is 0.318 e. The summed E-state index contributed by atoms with van der Waals surface area (Å²) in [6.45, 7) is 0. The van der Waals surface area contributed by atoms with Crippen LogP contribution < -0.4 is 0 Å². The molecule has 0 saturated carbocycles. The maximum atomic E-state index is 6.24. The molecule has 3 nitrogen and oxygen atoms in total. The number of aromatic nitrogens is 3. The zero-order valence-corrected chi connectivity index (χ0v) is 12.6. The monoisotopic (exact) mass is 335 g/mol. The fourth-order valence-electron chi connectivity index (χ4n) is 2.16. The summed E-state index contributed by atoms with van der Waals surface area (Å²) in [4.78, 5) is 8.71. The van der Waals surface area contributed by atoms with Crippen LogP contribution in [0, 0.1) is 0 Å². The lowest BCUT2D eigenvalue weighted by Gasteiger charge is -2.03. The number of rotatable bonds is 2. The zero-order chi connectivity index (χ0) is 13.4. The Morgan fingerprint density at radius 3 is 2.68 bits per heavy atom. The van der Waals surface area contributed by atoms with Gasteiger partial charge in [0.25, 0.3) is 0 Å². The van der Waals surface area contributed by atoms with Crippen molar-refractivity contribution in [3.05, 3.63) is 57.5 Å². The van der Waals surface area contributed by atoms with E-state index in [9.17, 15) is 0 Å². The second-order valence-corrected chi connectivity index (χ2v) is 5.50. The van der Waals surface area contributed by atoms with Gasteiger partial charge in [0, 0.05) is 13.5 Å². The lowest BCUT2D eigenvalue weighted by molar-refractivity contribution is 0.937. The Morgan fingerprint density at radius 1 is 1.21 bits per heavy atom. The summed E-state index contributed by atoms with van der Waals surface area (Å²) >= 11 is 9.78. The highest BCUT2D eigenvalue weighted by molar-refractivity contribution is 9.10. The maximum Gasteiger partial charge on any atom is 0.145 e. The van der Waals surface area contributed by atoms with Crippen LogP contribution >= 0.6 is 27.5 Å². The number of fused-ring (bicyclic) bond motifs is 1. The van der Waals surface area contributed by atoms with Crippen LogP contribution in [0.15, 0.2) is 41.1 Å². The summed E-state index contributed by atoms with van der Waals surface area (Å²) < 4.78 is 2.72. The minimum Gasteiger partial charge on any atom is -0.318 e. The number of aryl methyl sites for hydroxylation is 1. The average Bonchev–Trinajstić information content (AvgIpc) is 2.66. The van der Waals surface area contributed by atoms with E-state index in [0.29, 0.717) is 5.15 Å². The number of hydrogen-bond acceptors (Lipinski definition) is 2. The summed E-state index contributed by atoms with van der Waals surface area (Å²) in [6, 6.07) is 10.2. The molecule has 1 aromatic carbocycles. The lowest BCUT2D eigenvalue weighted by atomic mass is 10.1. The highest BCUT2D eigenvalue weighted by atomic mass is 79.9. The van der Waals surface area contributed by atoms with Crippen molar-refractivity contribution in [1.82, 2.24) is 14.5 Å². The summed E-state index contributed by atoms with van der Waals surface area (Å²) in [7, 11) is 1.90. The molecule has 2 heterocycles. The van der Waals surface area contributed by atoms with E-state index in [4.69, 9.17) is 11.6 Å². The smallest absolute Gasteiger partial charge is 0.145 e. The van der Waals surface area contributed by atoms with Crippen molar-refractivity contribution in [1.29, 1.82) is 0 Å². The normalized spacial score (nSPS) is 11.1. The predicted octanol–water partition coefficient (Wildman–Crippen LogP) is 3.98. The van der Waals surface area contributed by atoms with Gasteiger partial charge in [0.2, 0.25) is 0 Å². The average molecular weight is 337 g/mol. The van der Waals surface area contributed by atoms with Crippen LogP contribution in [0.1, 0.15) is 11.3 Å². The third kappa shape index (κ3) is 2.15. The molecule has 0 aliphatic heterocycles. The molecule has 0 saturated heterocycles. The number of nitrogens with zero attached hydrogens (tertiary/aromatic N) is 3. The predicted molar refractivity (Wildman–Crippen MR) is 80.5 cm³/mol. The fourth-order valence-corrected chi connectivity index (χ4v) is 3.00. The lowest BCUT2D eigenvalue weighted by Crippen LogP contribution is -1.96. The zero-order valence-electron chi connectivity index (χ0n) is 10.3. The topological polar surface area (TPSA) is 30.7 Å². The first-order valence-electron chi connectivity index (χ1n) is 5.85. The molecule has 0 fully saturated rings. The van der Waals surface area contributed by atoms with Gasteiger partial charge < -0.3 is 4.57 Å². The Labute approximate surface area is 124 Å². The highest BCUT2D eigenvalue weighted by Crippen LogP contribution is 2.34. The van der Waals surface area contributed by atoms with E-state index in [1.54, 1.807) is 6.33 Å². The molecule has 2 aromatic heterocycles. The Kier molecular flexibility index (Phi) is 3.29. The van der Waals surface area contributed by atoms with Gasteiger partial charge >= 0.3 is 0 Å². The summed E-state index contributed by atoms with van der Waals surface area (Å²) in [6.07, 6.45) is 2.35. The first kappa shape index (κ1) is 12.6. The van der Waals surface area contributed by atoms with Gasteiger partial charge in [-0.2, -0.15) is 0 Å². The third-order valence-corrected chi connectivity index (χ3v) is 4.58. The molecule has 0 bridgehead atoms. The highest BCUT2D eigenvalue weighted by Gasteiger charge is 2.16. The van der Waals surface area contributed by atoms with E-state index in [2.05, 4.69) is 38.0 Å². The molecule has 0 N–H and O–H groups in total. The first-order valence-corrected chi connectivity index (χ1v) is 7.02. The van der Waals surface area contributed by atoms with Gasteiger partial charge in [-0.3, -0.25) is 0 Å². The van der Waals surface area contributed by atoms with Gasteiger partial charge in [0.1, 0.15) is 17.1 Å². The van der Waals surface area contributed by atoms with Crippen LogP contribution in [0.4, 0.5) is 0 Å². The van der Waals surface area contributed by atoms with Crippen molar-refractivity contribution in [3.63, 3.8) is 0 Å². The molecular formula is C14H11BrClN3. The van der Waals surface area contributed by atoms with E-state index in [1.165, 1.54) is 5.56 Å². The standard InChI is InChI=1S/C14H11BrClN3/c1-19-13(16)12(15)11-10(17-8-18-14(11)19)7-9-5-3-2-4-6-9/h2-6,8H,7H2,1H3. The van der Waals surface area contributed by atoms with E-state index in [-0.39, 0.29) is 0 Å². The Hall–Kier alpha value is -1.39. The van der Waals surface area contributed by atoms with Crippen molar-refractivity contribution in [3.8, 4) is 0 Å². The molecule has 96 valence electrons. The van der Waals surface area contributed by atoms with Gasteiger partial charge in [-0.15, -0.1) is 0 Å². The van der Waals surface area contributed by atoms with E-state index >= 15 is 0 Å². The van der Waals surface area contributed by atoms with Crippen molar-refractivity contribution >= 4 is 38.6 Å². The SMILES string of the molecule is Cn1c(Cl)c(Br)c2c(Cc3ccccc3)ncnc21. The molecule has 3 rings (SSSR count). The fraction of sp³-hybridized carbons (Fsp3) is 0.143. The molecule has 5 heteroatoms. The molecule has 0 spiro atoms. The second-order valence-electron chi connectivity index (χ2n) is 4.35. The molecule has 0 aliphatic rings. The van der Waals surface area contributed by atoms with Crippen molar-refractivity contribution in [2.45, 2.75) is 6.42 Å². The molecular weight excluding hydrogens is 326 g/mol. The minimum atomic E-state index is 0.643. The van der Waals surface area contributed by atoms with Crippen LogP contribution in [0.5, 0.6) is 0 Å². The summed E-state index contributed by atoms with van der Waals surface area (Å²) in [5, 5.41) is 1.63. The van der Waals surface area contributed by atoms with Crippen molar-refractivity contribution < 1.29 is 0 Å². The number of halogens is 2. The van der Waals surface area contributed by atoms with Gasteiger partial charge in [-0.05, 0) is 21.5 Å². The van der Waals surface area contributed by atoms with Crippen molar-refractivity contribution in [2.24, 2.45) is 7.05 Å². The second kappa shape index (κ2) is 4.94.